The number of H-pyrrole nitrogens is 1. The van der Waals surface area contributed by atoms with Crippen LogP contribution in [0, 0.1) is 0 Å². The molecule has 0 aliphatic carbocycles. The molecular formula is C17H21ClN4O2. The number of rotatable bonds is 5. The van der Waals surface area contributed by atoms with Crippen LogP contribution >= 0.6 is 12.4 Å². The summed E-state index contributed by atoms with van der Waals surface area (Å²) in [4.78, 5) is 19.9. The minimum Gasteiger partial charge on any atom is -0.461 e. The second-order valence-corrected chi connectivity index (χ2v) is 5.92. The molecule has 24 heavy (non-hydrogen) atoms. The van der Waals surface area contributed by atoms with Crippen molar-refractivity contribution in [3.8, 4) is 11.6 Å². The second kappa shape index (κ2) is 7.07. The quantitative estimate of drug-likeness (QED) is 0.654. The van der Waals surface area contributed by atoms with Crippen LogP contribution in [-0.2, 0) is 4.79 Å². The number of hydrogen-bond acceptors (Lipinski definition) is 4. The number of aromatic nitrogens is 2. The zero-order valence-corrected chi connectivity index (χ0v) is 14.4. The fourth-order valence-electron chi connectivity index (χ4n) is 2.52. The molecule has 1 aromatic carbocycles. The van der Waals surface area contributed by atoms with Gasteiger partial charge in [0.2, 0.25) is 5.91 Å². The number of imidazole rings is 1. The van der Waals surface area contributed by atoms with Gasteiger partial charge >= 0.3 is 0 Å². The van der Waals surface area contributed by atoms with Gasteiger partial charge in [-0.2, -0.15) is 0 Å². The Balaban J connectivity index is 0.00000208. The van der Waals surface area contributed by atoms with Crippen molar-refractivity contribution in [3.05, 3.63) is 36.6 Å². The Morgan fingerprint density at radius 1 is 1.42 bits per heavy atom. The molecule has 0 aliphatic heterocycles. The standard InChI is InChI=1S/C17H20N4O2.ClH/c1-3-8-17(2,18)16(22)19-11-6-7-12-13(10-11)21-15(20-12)14-5-4-9-23-14;/h4-7,9-10H,3,8,18H2,1-2H3,(H,19,22)(H,20,21);1H. The summed E-state index contributed by atoms with van der Waals surface area (Å²) in [5.41, 5.74) is 7.49. The highest BCUT2D eigenvalue weighted by atomic mass is 35.5. The van der Waals surface area contributed by atoms with E-state index in [2.05, 4.69) is 15.3 Å². The van der Waals surface area contributed by atoms with Crippen LogP contribution in [0.1, 0.15) is 26.7 Å². The van der Waals surface area contributed by atoms with Crippen molar-refractivity contribution in [2.45, 2.75) is 32.2 Å². The molecule has 2 aromatic heterocycles. The van der Waals surface area contributed by atoms with E-state index in [1.54, 1.807) is 13.2 Å². The van der Waals surface area contributed by atoms with E-state index in [-0.39, 0.29) is 18.3 Å². The van der Waals surface area contributed by atoms with Gasteiger partial charge in [-0.15, -0.1) is 12.4 Å². The van der Waals surface area contributed by atoms with E-state index in [4.69, 9.17) is 10.2 Å². The van der Waals surface area contributed by atoms with Gasteiger partial charge in [-0.1, -0.05) is 13.3 Å². The molecule has 0 aliphatic rings. The Hall–Kier alpha value is -2.31. The van der Waals surface area contributed by atoms with Gasteiger partial charge < -0.3 is 20.5 Å². The first-order valence-corrected chi connectivity index (χ1v) is 7.63. The summed E-state index contributed by atoms with van der Waals surface area (Å²) in [7, 11) is 0. The van der Waals surface area contributed by atoms with Crippen LogP contribution in [0.15, 0.2) is 41.0 Å². The number of hydrogen-bond donors (Lipinski definition) is 3. The summed E-state index contributed by atoms with van der Waals surface area (Å²) in [6.45, 7) is 3.75. The van der Waals surface area contributed by atoms with Crippen molar-refractivity contribution in [2.75, 3.05) is 5.32 Å². The number of fused-ring (bicyclic) bond motifs is 1. The number of halogens is 1. The van der Waals surface area contributed by atoms with Crippen LogP contribution in [0.2, 0.25) is 0 Å². The van der Waals surface area contributed by atoms with Crippen LogP contribution in [0.5, 0.6) is 0 Å². The number of carbonyl (C=O) groups is 1. The summed E-state index contributed by atoms with van der Waals surface area (Å²) >= 11 is 0. The van der Waals surface area contributed by atoms with E-state index in [1.807, 2.05) is 37.3 Å². The minimum absolute atomic E-state index is 0. The van der Waals surface area contributed by atoms with E-state index >= 15 is 0 Å². The molecule has 7 heteroatoms. The molecule has 6 nitrogen and oxygen atoms in total. The molecule has 0 spiro atoms. The van der Waals surface area contributed by atoms with E-state index in [1.165, 1.54) is 0 Å². The maximum atomic E-state index is 12.3. The molecule has 0 fully saturated rings. The number of nitrogens with two attached hydrogens (primary N) is 1. The lowest BCUT2D eigenvalue weighted by molar-refractivity contribution is -0.120. The first-order valence-electron chi connectivity index (χ1n) is 7.63. The highest BCUT2D eigenvalue weighted by Crippen LogP contribution is 2.23. The number of nitrogens with one attached hydrogen (secondary N) is 2. The predicted molar refractivity (Wildman–Crippen MR) is 97.2 cm³/mol. The van der Waals surface area contributed by atoms with Gasteiger partial charge in [0.25, 0.3) is 0 Å². The van der Waals surface area contributed by atoms with Crippen molar-refractivity contribution in [1.29, 1.82) is 0 Å². The molecule has 128 valence electrons. The minimum atomic E-state index is -0.878. The molecule has 1 unspecified atom stereocenters. The van der Waals surface area contributed by atoms with Gasteiger partial charge in [0, 0.05) is 5.69 Å². The van der Waals surface area contributed by atoms with Crippen LogP contribution in [0.25, 0.3) is 22.6 Å². The first-order chi connectivity index (χ1) is 11.0. The largest absolute Gasteiger partial charge is 0.461 e. The molecule has 4 N–H and O–H groups in total. The Morgan fingerprint density at radius 2 is 2.21 bits per heavy atom. The number of carbonyl (C=O) groups excluding carboxylic acids is 1. The lowest BCUT2D eigenvalue weighted by Gasteiger charge is -2.22. The van der Waals surface area contributed by atoms with Gasteiger partial charge in [-0.05, 0) is 43.7 Å². The molecule has 0 saturated heterocycles. The molecule has 1 amide bonds. The number of amides is 1. The first kappa shape index (κ1) is 18.0. The Kier molecular flexibility index (Phi) is 5.31. The summed E-state index contributed by atoms with van der Waals surface area (Å²) in [6, 6.07) is 9.15. The molecule has 0 radical (unpaired) electrons. The maximum absolute atomic E-state index is 12.3. The third-order valence-electron chi connectivity index (χ3n) is 3.78. The molecular weight excluding hydrogens is 328 g/mol. The summed E-state index contributed by atoms with van der Waals surface area (Å²) in [6.07, 6.45) is 3.09. The number of nitrogens with zero attached hydrogens (tertiary/aromatic N) is 1. The predicted octanol–water partition coefficient (Wildman–Crippen LogP) is 3.70. The van der Waals surface area contributed by atoms with Gasteiger partial charge in [0.1, 0.15) is 0 Å². The molecule has 3 aromatic rings. The average Bonchev–Trinajstić information content (AvgIpc) is 3.15. The van der Waals surface area contributed by atoms with E-state index in [0.717, 1.165) is 17.5 Å². The van der Waals surface area contributed by atoms with Crippen molar-refractivity contribution in [1.82, 2.24) is 9.97 Å². The normalized spacial score (nSPS) is 13.3. The smallest absolute Gasteiger partial charge is 0.244 e. The zero-order valence-electron chi connectivity index (χ0n) is 13.6. The Morgan fingerprint density at radius 3 is 2.88 bits per heavy atom. The third-order valence-corrected chi connectivity index (χ3v) is 3.78. The maximum Gasteiger partial charge on any atom is 0.244 e. The molecule has 0 saturated carbocycles. The SMILES string of the molecule is CCCC(C)(N)C(=O)Nc1ccc2nc(-c3ccco3)[nH]c2c1.Cl. The Bertz CT molecular complexity index is 824. The van der Waals surface area contributed by atoms with Crippen LogP contribution in [-0.4, -0.2) is 21.4 Å². The van der Waals surface area contributed by atoms with Crippen LogP contribution in [0.3, 0.4) is 0 Å². The molecule has 2 heterocycles. The molecule has 1 atom stereocenters. The van der Waals surface area contributed by atoms with Crippen LogP contribution in [0.4, 0.5) is 5.69 Å². The highest BCUT2D eigenvalue weighted by molar-refractivity contribution is 5.99. The fraction of sp³-hybridized carbons (Fsp3) is 0.294. The van der Waals surface area contributed by atoms with E-state index in [0.29, 0.717) is 23.7 Å². The summed E-state index contributed by atoms with van der Waals surface area (Å²) in [5, 5.41) is 2.87. The van der Waals surface area contributed by atoms with Crippen molar-refractivity contribution in [3.63, 3.8) is 0 Å². The number of furan rings is 1. The molecule has 0 bridgehead atoms. The van der Waals surface area contributed by atoms with Gasteiger partial charge in [0.05, 0.1) is 22.8 Å². The second-order valence-electron chi connectivity index (χ2n) is 5.92. The van der Waals surface area contributed by atoms with E-state index < -0.39 is 5.54 Å². The van der Waals surface area contributed by atoms with Crippen molar-refractivity contribution >= 4 is 35.0 Å². The zero-order chi connectivity index (χ0) is 16.4. The number of benzene rings is 1. The van der Waals surface area contributed by atoms with Crippen molar-refractivity contribution in [2.24, 2.45) is 5.73 Å². The summed E-state index contributed by atoms with van der Waals surface area (Å²) < 4.78 is 5.34. The average molecular weight is 349 g/mol. The topological polar surface area (TPSA) is 96.9 Å². The van der Waals surface area contributed by atoms with Gasteiger partial charge in [-0.25, -0.2) is 4.98 Å². The van der Waals surface area contributed by atoms with Gasteiger partial charge in [0.15, 0.2) is 11.6 Å². The van der Waals surface area contributed by atoms with Gasteiger partial charge in [-0.3, -0.25) is 4.79 Å². The monoisotopic (exact) mass is 348 g/mol. The Labute approximate surface area is 146 Å². The lowest BCUT2D eigenvalue weighted by Crippen LogP contribution is -2.48. The number of anilines is 1. The fourth-order valence-corrected chi connectivity index (χ4v) is 2.52. The summed E-state index contributed by atoms with van der Waals surface area (Å²) in [5.74, 6) is 1.14. The van der Waals surface area contributed by atoms with Crippen LogP contribution < -0.4 is 11.1 Å². The third kappa shape index (κ3) is 3.60. The molecule has 3 rings (SSSR count). The number of aromatic amines is 1. The highest BCUT2D eigenvalue weighted by Gasteiger charge is 2.27. The van der Waals surface area contributed by atoms with E-state index in [9.17, 15) is 4.79 Å². The van der Waals surface area contributed by atoms with Crippen molar-refractivity contribution < 1.29 is 9.21 Å². The lowest BCUT2D eigenvalue weighted by atomic mass is 9.96.